The van der Waals surface area contributed by atoms with Gasteiger partial charge in [-0.25, -0.2) is 12.8 Å². The minimum absolute atomic E-state index is 0.132. The molecular formula is C17H16FNO4S. The Balaban J connectivity index is 2.10. The largest absolute Gasteiger partial charge is 0.494 e. The van der Waals surface area contributed by atoms with Crippen LogP contribution in [0.25, 0.3) is 6.08 Å². The molecule has 2 aromatic rings. The van der Waals surface area contributed by atoms with Crippen molar-refractivity contribution in [3.05, 3.63) is 65.5 Å². The molecule has 0 aliphatic heterocycles. The maximum Gasteiger partial charge on any atom is 0.229 e. The van der Waals surface area contributed by atoms with E-state index in [0.717, 1.165) is 6.26 Å². The Morgan fingerprint density at radius 3 is 2.38 bits per heavy atom. The summed E-state index contributed by atoms with van der Waals surface area (Å²) in [5, 5.41) is 0. The molecule has 0 aliphatic rings. The van der Waals surface area contributed by atoms with Gasteiger partial charge in [0.2, 0.25) is 10.0 Å². The van der Waals surface area contributed by atoms with Gasteiger partial charge in [0.05, 0.1) is 13.4 Å². The summed E-state index contributed by atoms with van der Waals surface area (Å²) in [7, 11) is -1.99. The minimum atomic E-state index is -3.36. The molecule has 7 heteroatoms. The topological polar surface area (TPSA) is 72.5 Å². The van der Waals surface area contributed by atoms with Gasteiger partial charge in [-0.1, -0.05) is 12.1 Å². The smallest absolute Gasteiger partial charge is 0.229 e. The van der Waals surface area contributed by atoms with Crippen LogP contribution in [0.15, 0.2) is 48.5 Å². The Bertz CT molecular complexity index is 874. The zero-order valence-electron chi connectivity index (χ0n) is 13.1. The Morgan fingerprint density at radius 2 is 1.83 bits per heavy atom. The SMILES string of the molecule is COc1ccc(C=CC(=O)c2ccc(NS(C)(=O)=O)cc2)cc1F. The van der Waals surface area contributed by atoms with E-state index in [1.807, 2.05) is 0 Å². The highest BCUT2D eigenvalue weighted by molar-refractivity contribution is 7.92. The molecule has 0 amide bonds. The molecule has 0 bridgehead atoms. The molecule has 0 aliphatic carbocycles. The second-order valence-corrected chi connectivity index (χ2v) is 6.79. The lowest BCUT2D eigenvalue weighted by Crippen LogP contribution is -2.09. The van der Waals surface area contributed by atoms with E-state index < -0.39 is 15.8 Å². The van der Waals surface area contributed by atoms with Crippen LogP contribution in [-0.2, 0) is 10.0 Å². The van der Waals surface area contributed by atoms with Gasteiger partial charge in [0, 0.05) is 11.3 Å². The third kappa shape index (κ3) is 4.92. The Kier molecular flexibility index (Phi) is 5.35. The summed E-state index contributed by atoms with van der Waals surface area (Å²) in [4.78, 5) is 12.1. The first kappa shape index (κ1) is 17.7. The highest BCUT2D eigenvalue weighted by Gasteiger charge is 2.05. The molecule has 1 N–H and O–H groups in total. The molecule has 0 saturated heterocycles. The van der Waals surface area contributed by atoms with E-state index in [1.54, 1.807) is 6.07 Å². The third-order valence-corrected chi connectivity index (χ3v) is 3.68. The lowest BCUT2D eigenvalue weighted by atomic mass is 10.1. The molecular weight excluding hydrogens is 333 g/mol. The van der Waals surface area contributed by atoms with Crippen molar-refractivity contribution in [2.24, 2.45) is 0 Å². The van der Waals surface area contributed by atoms with E-state index in [4.69, 9.17) is 4.74 Å². The minimum Gasteiger partial charge on any atom is -0.494 e. The van der Waals surface area contributed by atoms with Gasteiger partial charge in [-0.3, -0.25) is 9.52 Å². The molecule has 0 aromatic heterocycles. The average Bonchev–Trinajstić information content (AvgIpc) is 2.52. The van der Waals surface area contributed by atoms with Crippen molar-refractivity contribution in [1.29, 1.82) is 0 Å². The number of carbonyl (C=O) groups is 1. The maximum absolute atomic E-state index is 13.6. The summed E-state index contributed by atoms with van der Waals surface area (Å²) < 4.78 is 43.0. The molecule has 0 saturated carbocycles. The number of halogens is 1. The predicted molar refractivity (Wildman–Crippen MR) is 91.2 cm³/mol. The molecule has 0 fully saturated rings. The number of nitrogens with one attached hydrogen (secondary N) is 1. The number of rotatable bonds is 6. The molecule has 2 aromatic carbocycles. The van der Waals surface area contributed by atoms with E-state index in [-0.39, 0.29) is 11.5 Å². The van der Waals surface area contributed by atoms with Gasteiger partial charge in [0.1, 0.15) is 0 Å². The molecule has 0 heterocycles. The maximum atomic E-state index is 13.6. The number of benzene rings is 2. The van der Waals surface area contributed by atoms with Crippen LogP contribution in [0, 0.1) is 5.82 Å². The van der Waals surface area contributed by atoms with Crippen molar-refractivity contribution >= 4 is 27.6 Å². The molecule has 5 nitrogen and oxygen atoms in total. The van der Waals surface area contributed by atoms with E-state index in [1.165, 1.54) is 55.7 Å². The van der Waals surface area contributed by atoms with Gasteiger partial charge in [-0.2, -0.15) is 0 Å². The third-order valence-electron chi connectivity index (χ3n) is 3.08. The summed E-state index contributed by atoms with van der Waals surface area (Å²) in [5.41, 5.74) is 1.28. The van der Waals surface area contributed by atoms with Crippen LogP contribution in [-0.4, -0.2) is 27.6 Å². The fourth-order valence-corrected chi connectivity index (χ4v) is 2.54. The fourth-order valence-electron chi connectivity index (χ4n) is 1.97. The average molecular weight is 349 g/mol. The number of allylic oxidation sites excluding steroid dienone is 1. The first-order valence-electron chi connectivity index (χ1n) is 6.92. The first-order chi connectivity index (χ1) is 11.3. The Hall–Kier alpha value is -2.67. The van der Waals surface area contributed by atoms with Gasteiger partial charge in [0.15, 0.2) is 17.3 Å². The summed E-state index contributed by atoms with van der Waals surface area (Å²) in [5.74, 6) is -0.659. The van der Waals surface area contributed by atoms with Crippen molar-refractivity contribution in [3.8, 4) is 5.75 Å². The van der Waals surface area contributed by atoms with E-state index in [2.05, 4.69) is 4.72 Å². The van der Waals surface area contributed by atoms with Crippen molar-refractivity contribution in [3.63, 3.8) is 0 Å². The summed E-state index contributed by atoms with van der Waals surface area (Å²) >= 11 is 0. The molecule has 0 unspecified atom stereocenters. The molecule has 0 spiro atoms. The van der Waals surface area contributed by atoms with Crippen molar-refractivity contribution < 1.29 is 22.3 Å². The fraction of sp³-hybridized carbons (Fsp3) is 0.118. The van der Waals surface area contributed by atoms with E-state index in [9.17, 15) is 17.6 Å². The van der Waals surface area contributed by atoms with Crippen LogP contribution in [0.5, 0.6) is 5.75 Å². The monoisotopic (exact) mass is 349 g/mol. The number of ketones is 1. The number of anilines is 1. The van der Waals surface area contributed by atoms with E-state index in [0.29, 0.717) is 16.8 Å². The van der Waals surface area contributed by atoms with E-state index >= 15 is 0 Å². The van der Waals surface area contributed by atoms with Crippen molar-refractivity contribution in [2.75, 3.05) is 18.1 Å². The van der Waals surface area contributed by atoms with Crippen LogP contribution < -0.4 is 9.46 Å². The van der Waals surface area contributed by atoms with Crippen LogP contribution >= 0.6 is 0 Å². The number of hydrogen-bond acceptors (Lipinski definition) is 4. The lowest BCUT2D eigenvalue weighted by molar-refractivity contribution is 0.104. The second kappa shape index (κ2) is 7.27. The highest BCUT2D eigenvalue weighted by atomic mass is 32.2. The first-order valence-corrected chi connectivity index (χ1v) is 8.81. The molecule has 126 valence electrons. The molecule has 24 heavy (non-hydrogen) atoms. The lowest BCUT2D eigenvalue weighted by Gasteiger charge is -2.04. The van der Waals surface area contributed by atoms with Crippen LogP contribution in [0.4, 0.5) is 10.1 Å². The standard InChI is InChI=1S/C17H16FNO4S/c1-23-17-10-4-12(11-15(17)18)3-9-16(20)13-5-7-14(8-6-13)19-24(2,21)22/h3-11,19H,1-2H3. The zero-order valence-corrected chi connectivity index (χ0v) is 13.9. The van der Waals surface area contributed by atoms with Crippen LogP contribution in [0.1, 0.15) is 15.9 Å². The molecule has 2 rings (SSSR count). The van der Waals surface area contributed by atoms with Gasteiger partial charge < -0.3 is 4.74 Å². The summed E-state index contributed by atoms with van der Waals surface area (Å²) in [6.07, 6.45) is 3.86. The highest BCUT2D eigenvalue weighted by Crippen LogP contribution is 2.19. The van der Waals surface area contributed by atoms with Crippen LogP contribution in [0.2, 0.25) is 0 Å². The number of carbonyl (C=O) groups excluding carboxylic acids is 1. The Labute approximate surface area is 139 Å². The van der Waals surface area contributed by atoms with Crippen LogP contribution in [0.3, 0.4) is 0 Å². The van der Waals surface area contributed by atoms with Gasteiger partial charge in [0.25, 0.3) is 0 Å². The zero-order chi connectivity index (χ0) is 17.7. The van der Waals surface area contributed by atoms with Gasteiger partial charge >= 0.3 is 0 Å². The molecule has 0 radical (unpaired) electrons. The summed E-state index contributed by atoms with van der Waals surface area (Å²) in [6, 6.07) is 10.4. The van der Waals surface area contributed by atoms with Crippen molar-refractivity contribution in [1.82, 2.24) is 0 Å². The van der Waals surface area contributed by atoms with Crippen molar-refractivity contribution in [2.45, 2.75) is 0 Å². The normalized spacial score (nSPS) is 11.5. The number of sulfonamides is 1. The quantitative estimate of drug-likeness (QED) is 0.642. The van der Waals surface area contributed by atoms with Gasteiger partial charge in [-0.05, 0) is 48.0 Å². The number of ether oxygens (including phenoxy) is 1. The number of methoxy groups -OCH3 is 1. The van der Waals surface area contributed by atoms with Gasteiger partial charge in [-0.15, -0.1) is 0 Å². The molecule has 0 atom stereocenters. The predicted octanol–water partition coefficient (Wildman–Crippen LogP) is 3.10. The number of hydrogen-bond donors (Lipinski definition) is 1. The Morgan fingerprint density at radius 1 is 1.17 bits per heavy atom. The summed E-state index contributed by atoms with van der Waals surface area (Å²) in [6.45, 7) is 0. The second-order valence-electron chi connectivity index (χ2n) is 5.04.